The monoisotopic (exact) mass is 317 g/mol. The number of benzene rings is 1. The molecule has 1 N–H and O–H groups in total. The first kappa shape index (κ1) is 15.5. The minimum absolute atomic E-state index is 0.0814. The van der Waals surface area contributed by atoms with Gasteiger partial charge in [0.05, 0.1) is 6.54 Å². The molecule has 2 heterocycles. The molecular weight excluding hydrogens is 297 g/mol. The number of anilines is 2. The van der Waals surface area contributed by atoms with Gasteiger partial charge in [0.15, 0.2) is 0 Å². The Morgan fingerprint density at radius 3 is 2.52 bits per heavy atom. The topological polar surface area (TPSA) is 53.4 Å². The fourth-order valence-electron chi connectivity index (χ4n) is 2.71. The zero-order chi connectivity index (χ0) is 16.2. The van der Waals surface area contributed by atoms with Crippen molar-refractivity contribution in [2.24, 2.45) is 7.05 Å². The fraction of sp³-hybridized carbons (Fsp3) is 0.375. The number of carbonyl (C=O) groups excluding carboxylic acids is 1. The smallest absolute Gasteiger partial charge is 0.238 e. The normalized spacial score (nSPS) is 15.7. The number of aromatic nitrogens is 2. The number of amides is 1. The molecule has 122 valence electrons. The van der Waals surface area contributed by atoms with Crippen LogP contribution in [0.3, 0.4) is 0 Å². The summed E-state index contributed by atoms with van der Waals surface area (Å²) in [4.78, 5) is 20.7. The lowest BCUT2D eigenvalue weighted by molar-refractivity contribution is -0.117. The second-order valence-electron chi connectivity index (χ2n) is 5.66. The number of hydrogen-bond donors (Lipinski definition) is 1. The molecule has 0 atom stereocenters. The molecule has 23 heavy (non-hydrogen) atoms. The Kier molecular flexibility index (Phi) is 4.57. The highest BCUT2D eigenvalue weighted by Gasteiger charge is 2.21. The van der Waals surface area contributed by atoms with Crippen LogP contribution in [-0.2, 0) is 11.8 Å². The molecule has 1 amide bonds. The van der Waals surface area contributed by atoms with Crippen LogP contribution in [0, 0.1) is 5.82 Å². The van der Waals surface area contributed by atoms with E-state index >= 15 is 0 Å². The summed E-state index contributed by atoms with van der Waals surface area (Å²) in [5, 5.41) is 2.79. The molecule has 1 aliphatic heterocycles. The average molecular weight is 317 g/mol. The van der Waals surface area contributed by atoms with E-state index in [4.69, 9.17) is 0 Å². The quantitative estimate of drug-likeness (QED) is 0.924. The van der Waals surface area contributed by atoms with E-state index in [1.54, 1.807) is 18.3 Å². The first-order valence-corrected chi connectivity index (χ1v) is 7.62. The van der Waals surface area contributed by atoms with Gasteiger partial charge in [-0.15, -0.1) is 0 Å². The molecule has 0 aliphatic carbocycles. The van der Waals surface area contributed by atoms with Gasteiger partial charge in [-0.2, -0.15) is 0 Å². The van der Waals surface area contributed by atoms with Gasteiger partial charge in [-0.1, -0.05) is 0 Å². The van der Waals surface area contributed by atoms with Gasteiger partial charge in [0.25, 0.3) is 0 Å². The van der Waals surface area contributed by atoms with Crippen molar-refractivity contribution in [3.05, 3.63) is 42.5 Å². The average Bonchev–Trinajstić information content (AvgIpc) is 2.96. The van der Waals surface area contributed by atoms with Crippen molar-refractivity contribution in [1.82, 2.24) is 14.5 Å². The Bertz CT molecular complexity index is 661. The molecule has 0 unspecified atom stereocenters. The summed E-state index contributed by atoms with van der Waals surface area (Å²) in [6.45, 7) is 3.64. The van der Waals surface area contributed by atoms with Gasteiger partial charge in [-0.3, -0.25) is 9.69 Å². The number of carbonyl (C=O) groups is 1. The minimum Gasteiger partial charge on any atom is -0.340 e. The van der Waals surface area contributed by atoms with E-state index < -0.39 is 0 Å². The van der Waals surface area contributed by atoms with E-state index in [1.165, 1.54) is 12.1 Å². The Morgan fingerprint density at radius 2 is 1.91 bits per heavy atom. The molecule has 1 aliphatic rings. The van der Waals surface area contributed by atoms with Crippen LogP contribution in [0.5, 0.6) is 0 Å². The Hall–Kier alpha value is -2.41. The molecule has 6 nitrogen and oxygen atoms in total. The third-order valence-electron chi connectivity index (χ3n) is 3.95. The first-order chi connectivity index (χ1) is 11.1. The molecule has 0 radical (unpaired) electrons. The van der Waals surface area contributed by atoms with E-state index in [-0.39, 0.29) is 11.7 Å². The summed E-state index contributed by atoms with van der Waals surface area (Å²) in [5.74, 6) is 0.566. The molecule has 1 saturated heterocycles. The van der Waals surface area contributed by atoms with Crippen LogP contribution in [0.1, 0.15) is 0 Å². The number of nitrogens with one attached hydrogen (secondary N) is 1. The Morgan fingerprint density at radius 1 is 1.22 bits per heavy atom. The van der Waals surface area contributed by atoms with Gasteiger partial charge in [0.1, 0.15) is 5.82 Å². The Labute approximate surface area is 134 Å². The summed E-state index contributed by atoms with van der Waals surface area (Å²) >= 11 is 0. The van der Waals surface area contributed by atoms with Crippen LogP contribution < -0.4 is 10.2 Å². The second kappa shape index (κ2) is 6.78. The first-order valence-electron chi connectivity index (χ1n) is 7.62. The standard InChI is InChI=1S/C16H20FN5O/c1-20-7-6-18-16(20)22-10-8-21(9-11-22)12-15(23)19-14-4-2-13(17)3-5-14/h2-7H,8-12H2,1H3,(H,19,23). The van der Waals surface area contributed by atoms with E-state index in [1.807, 2.05) is 17.8 Å². The molecule has 3 rings (SSSR count). The lowest BCUT2D eigenvalue weighted by atomic mass is 10.3. The zero-order valence-corrected chi connectivity index (χ0v) is 13.1. The lowest BCUT2D eigenvalue weighted by Crippen LogP contribution is -2.49. The zero-order valence-electron chi connectivity index (χ0n) is 13.1. The van der Waals surface area contributed by atoms with Crippen LogP contribution in [0.25, 0.3) is 0 Å². The van der Waals surface area contributed by atoms with Gasteiger partial charge in [0.2, 0.25) is 11.9 Å². The maximum Gasteiger partial charge on any atom is 0.238 e. The number of nitrogens with zero attached hydrogens (tertiary/aromatic N) is 4. The number of imidazole rings is 1. The van der Waals surface area contributed by atoms with Crippen molar-refractivity contribution >= 4 is 17.5 Å². The van der Waals surface area contributed by atoms with Crippen LogP contribution in [-0.4, -0.2) is 53.1 Å². The number of piperazine rings is 1. The SMILES string of the molecule is Cn1ccnc1N1CCN(CC(=O)Nc2ccc(F)cc2)CC1. The maximum absolute atomic E-state index is 12.8. The molecular formula is C16H20FN5O. The third-order valence-corrected chi connectivity index (χ3v) is 3.95. The van der Waals surface area contributed by atoms with Gasteiger partial charge in [-0.05, 0) is 24.3 Å². The highest BCUT2D eigenvalue weighted by Crippen LogP contribution is 2.13. The van der Waals surface area contributed by atoms with Crippen molar-refractivity contribution in [1.29, 1.82) is 0 Å². The number of aryl methyl sites for hydroxylation is 1. The van der Waals surface area contributed by atoms with Crippen LogP contribution >= 0.6 is 0 Å². The van der Waals surface area contributed by atoms with Gasteiger partial charge < -0.3 is 14.8 Å². The highest BCUT2D eigenvalue weighted by molar-refractivity contribution is 5.92. The number of rotatable bonds is 4. The number of halogens is 1. The second-order valence-corrected chi connectivity index (χ2v) is 5.66. The predicted molar refractivity (Wildman–Crippen MR) is 86.9 cm³/mol. The summed E-state index contributed by atoms with van der Waals surface area (Å²) in [7, 11) is 1.98. The van der Waals surface area contributed by atoms with E-state index in [9.17, 15) is 9.18 Å². The molecule has 1 fully saturated rings. The van der Waals surface area contributed by atoms with Crippen LogP contribution in [0.4, 0.5) is 16.0 Å². The van der Waals surface area contributed by atoms with Crippen molar-refractivity contribution < 1.29 is 9.18 Å². The molecule has 7 heteroatoms. The lowest BCUT2D eigenvalue weighted by Gasteiger charge is -2.34. The van der Waals surface area contributed by atoms with E-state index in [0.29, 0.717) is 12.2 Å². The van der Waals surface area contributed by atoms with Gasteiger partial charge in [-0.25, -0.2) is 9.37 Å². The molecule has 2 aromatic rings. The molecule has 0 spiro atoms. The van der Waals surface area contributed by atoms with E-state index in [2.05, 4.69) is 20.1 Å². The number of hydrogen-bond acceptors (Lipinski definition) is 4. The van der Waals surface area contributed by atoms with Gasteiger partial charge >= 0.3 is 0 Å². The molecule has 1 aromatic heterocycles. The minimum atomic E-state index is -0.312. The van der Waals surface area contributed by atoms with E-state index in [0.717, 1.165) is 32.1 Å². The van der Waals surface area contributed by atoms with Crippen LogP contribution in [0.2, 0.25) is 0 Å². The van der Waals surface area contributed by atoms with Crippen molar-refractivity contribution in [2.45, 2.75) is 0 Å². The van der Waals surface area contributed by atoms with Crippen molar-refractivity contribution in [3.63, 3.8) is 0 Å². The third kappa shape index (κ3) is 3.87. The predicted octanol–water partition coefficient (Wildman–Crippen LogP) is 1.32. The summed E-state index contributed by atoms with van der Waals surface area (Å²) in [6.07, 6.45) is 3.72. The van der Waals surface area contributed by atoms with Crippen molar-refractivity contribution in [3.8, 4) is 0 Å². The summed E-state index contributed by atoms with van der Waals surface area (Å²) in [5.41, 5.74) is 0.614. The summed E-state index contributed by atoms with van der Waals surface area (Å²) in [6, 6.07) is 5.79. The summed E-state index contributed by atoms with van der Waals surface area (Å²) < 4.78 is 14.8. The molecule has 0 bridgehead atoms. The van der Waals surface area contributed by atoms with Gasteiger partial charge in [0, 0.05) is 51.3 Å². The fourth-order valence-corrected chi connectivity index (χ4v) is 2.71. The Balaban J connectivity index is 1.47. The molecule has 1 aromatic carbocycles. The molecule has 0 saturated carbocycles. The maximum atomic E-state index is 12.8. The van der Waals surface area contributed by atoms with Crippen molar-refractivity contribution in [2.75, 3.05) is 42.9 Å². The largest absolute Gasteiger partial charge is 0.340 e. The highest BCUT2D eigenvalue weighted by atomic mass is 19.1. The van der Waals surface area contributed by atoms with Crippen LogP contribution in [0.15, 0.2) is 36.7 Å².